The van der Waals surface area contributed by atoms with Gasteiger partial charge in [0.05, 0.1) is 12.7 Å². The van der Waals surface area contributed by atoms with Gasteiger partial charge in [0.15, 0.2) is 0 Å². The van der Waals surface area contributed by atoms with Gasteiger partial charge in [-0.25, -0.2) is 4.79 Å². The Morgan fingerprint density at radius 1 is 1.50 bits per heavy atom. The average Bonchev–Trinajstić information content (AvgIpc) is 2.15. The maximum Gasteiger partial charge on any atom is 0.339 e. The Bertz CT molecular complexity index is 330. The van der Waals surface area contributed by atoms with Crippen LogP contribution in [0, 0.1) is 0 Å². The molecule has 0 aliphatic heterocycles. The molecule has 0 saturated heterocycles. The van der Waals surface area contributed by atoms with Gasteiger partial charge in [0.1, 0.15) is 5.69 Å². The number of pyridine rings is 1. The molecule has 0 saturated carbocycles. The number of carbonyl (C=O) groups is 1. The van der Waals surface area contributed by atoms with Gasteiger partial charge in [-0.05, 0) is 12.1 Å². The minimum Gasteiger partial charge on any atom is -0.465 e. The summed E-state index contributed by atoms with van der Waals surface area (Å²) in [4.78, 5) is 14.4. The first-order chi connectivity index (χ1) is 6.45. The van der Waals surface area contributed by atoms with Gasteiger partial charge in [-0.2, -0.15) is 8.78 Å². The molecular weight excluding hydrogens is 192 g/mol. The molecule has 1 aromatic heterocycles. The van der Waals surface area contributed by atoms with Crippen LogP contribution in [0.3, 0.4) is 0 Å². The average molecular weight is 201 g/mol. The predicted molar refractivity (Wildman–Crippen MR) is 45.1 cm³/mol. The summed E-state index contributed by atoms with van der Waals surface area (Å²) >= 11 is 0. The van der Waals surface area contributed by atoms with Crippen molar-refractivity contribution in [3.63, 3.8) is 0 Å². The van der Waals surface area contributed by atoms with Gasteiger partial charge in [-0.3, -0.25) is 4.98 Å². The number of rotatable bonds is 2. The smallest absolute Gasteiger partial charge is 0.339 e. The van der Waals surface area contributed by atoms with Crippen molar-refractivity contribution in [2.45, 2.75) is 12.8 Å². The van der Waals surface area contributed by atoms with E-state index in [9.17, 15) is 13.6 Å². The molecule has 76 valence electrons. The lowest BCUT2D eigenvalue weighted by molar-refractivity contribution is 0.0126. The molecule has 0 atom stereocenters. The van der Waals surface area contributed by atoms with Gasteiger partial charge in [0.2, 0.25) is 0 Å². The Hall–Kier alpha value is -1.52. The third kappa shape index (κ3) is 2.25. The van der Waals surface area contributed by atoms with E-state index in [2.05, 4.69) is 9.72 Å². The number of carbonyl (C=O) groups excluding carboxylic acids is 1. The number of aromatic nitrogens is 1. The van der Waals surface area contributed by atoms with E-state index in [0.717, 1.165) is 19.2 Å². The molecule has 1 rings (SSSR count). The number of methoxy groups -OCH3 is 1. The summed E-state index contributed by atoms with van der Waals surface area (Å²) in [5, 5.41) is 0. The fraction of sp³-hybridized carbons (Fsp3) is 0.333. The van der Waals surface area contributed by atoms with E-state index in [-0.39, 0.29) is 11.3 Å². The first kappa shape index (κ1) is 10.6. The first-order valence-corrected chi connectivity index (χ1v) is 3.88. The van der Waals surface area contributed by atoms with Crippen molar-refractivity contribution in [3.05, 3.63) is 29.6 Å². The van der Waals surface area contributed by atoms with Crippen LogP contribution in [0.15, 0.2) is 18.3 Å². The zero-order valence-corrected chi connectivity index (χ0v) is 7.75. The quantitative estimate of drug-likeness (QED) is 0.687. The van der Waals surface area contributed by atoms with E-state index in [1.54, 1.807) is 0 Å². The van der Waals surface area contributed by atoms with Gasteiger partial charge in [-0.15, -0.1) is 0 Å². The van der Waals surface area contributed by atoms with Crippen LogP contribution in [-0.2, 0) is 10.7 Å². The van der Waals surface area contributed by atoms with E-state index in [1.807, 2.05) is 0 Å². The fourth-order valence-electron chi connectivity index (χ4n) is 0.892. The third-order valence-corrected chi connectivity index (χ3v) is 1.63. The molecule has 0 aliphatic rings. The van der Waals surface area contributed by atoms with Crippen LogP contribution in [-0.4, -0.2) is 18.1 Å². The number of alkyl halides is 2. The molecule has 0 unspecified atom stereocenters. The summed E-state index contributed by atoms with van der Waals surface area (Å²) in [5.41, 5.74) is -0.217. The van der Waals surface area contributed by atoms with Crippen LogP contribution in [0.4, 0.5) is 8.78 Å². The van der Waals surface area contributed by atoms with Gasteiger partial charge in [0.25, 0.3) is 5.92 Å². The molecule has 0 amide bonds. The number of ether oxygens (including phenoxy) is 1. The highest BCUT2D eigenvalue weighted by Gasteiger charge is 2.25. The predicted octanol–water partition coefficient (Wildman–Crippen LogP) is 1.98. The highest BCUT2D eigenvalue weighted by molar-refractivity contribution is 5.88. The Morgan fingerprint density at radius 2 is 2.14 bits per heavy atom. The van der Waals surface area contributed by atoms with Crippen molar-refractivity contribution < 1.29 is 18.3 Å². The first-order valence-electron chi connectivity index (χ1n) is 3.88. The standard InChI is InChI=1S/C9H9F2NO2/c1-9(10,11)7-4-3-6(5-12-7)8(13)14-2/h3-5H,1-2H3. The largest absolute Gasteiger partial charge is 0.465 e. The van der Waals surface area contributed by atoms with Crippen molar-refractivity contribution in [2.75, 3.05) is 7.11 Å². The monoisotopic (exact) mass is 201 g/mol. The molecule has 0 radical (unpaired) electrons. The van der Waals surface area contributed by atoms with E-state index >= 15 is 0 Å². The molecule has 14 heavy (non-hydrogen) atoms. The molecule has 0 aromatic carbocycles. The van der Waals surface area contributed by atoms with Gasteiger partial charge >= 0.3 is 5.97 Å². The Balaban J connectivity index is 2.95. The van der Waals surface area contributed by atoms with Crippen LogP contribution in [0.2, 0.25) is 0 Å². The summed E-state index contributed by atoms with van der Waals surface area (Å²) in [6.45, 7) is 0.743. The number of hydrogen-bond acceptors (Lipinski definition) is 3. The van der Waals surface area contributed by atoms with Crippen molar-refractivity contribution in [1.82, 2.24) is 4.98 Å². The zero-order valence-electron chi connectivity index (χ0n) is 7.75. The van der Waals surface area contributed by atoms with E-state index in [1.165, 1.54) is 13.2 Å². The molecule has 0 bridgehead atoms. The van der Waals surface area contributed by atoms with Gasteiger partial charge in [0, 0.05) is 13.1 Å². The maximum atomic E-state index is 12.7. The lowest BCUT2D eigenvalue weighted by Gasteiger charge is -2.08. The summed E-state index contributed by atoms with van der Waals surface area (Å²) < 4.78 is 29.8. The third-order valence-electron chi connectivity index (χ3n) is 1.63. The molecule has 1 aromatic rings. The number of hydrogen-bond donors (Lipinski definition) is 0. The molecule has 3 nitrogen and oxygen atoms in total. The van der Waals surface area contributed by atoms with E-state index in [4.69, 9.17) is 0 Å². The molecule has 5 heteroatoms. The van der Waals surface area contributed by atoms with Crippen molar-refractivity contribution in [3.8, 4) is 0 Å². The van der Waals surface area contributed by atoms with Crippen molar-refractivity contribution >= 4 is 5.97 Å². The van der Waals surface area contributed by atoms with Gasteiger partial charge in [-0.1, -0.05) is 0 Å². The van der Waals surface area contributed by atoms with Crippen molar-refractivity contribution in [1.29, 1.82) is 0 Å². The second-order valence-corrected chi connectivity index (χ2v) is 2.81. The van der Waals surface area contributed by atoms with Gasteiger partial charge < -0.3 is 4.74 Å². The maximum absolute atomic E-state index is 12.7. The number of halogens is 2. The van der Waals surface area contributed by atoms with Crippen LogP contribution >= 0.6 is 0 Å². The summed E-state index contributed by atoms with van der Waals surface area (Å²) in [7, 11) is 1.21. The highest BCUT2D eigenvalue weighted by atomic mass is 19.3. The Morgan fingerprint density at radius 3 is 2.50 bits per heavy atom. The molecule has 1 heterocycles. The lowest BCUT2D eigenvalue weighted by atomic mass is 10.2. The normalized spacial score (nSPS) is 11.1. The second kappa shape index (κ2) is 3.69. The molecule has 0 aliphatic carbocycles. The second-order valence-electron chi connectivity index (χ2n) is 2.81. The van der Waals surface area contributed by atoms with E-state index in [0.29, 0.717) is 0 Å². The lowest BCUT2D eigenvalue weighted by Crippen LogP contribution is -2.11. The van der Waals surface area contributed by atoms with Crippen LogP contribution in [0.1, 0.15) is 23.0 Å². The summed E-state index contributed by atoms with van der Waals surface area (Å²) in [5.74, 6) is -3.59. The fourth-order valence-corrected chi connectivity index (χ4v) is 0.892. The van der Waals surface area contributed by atoms with Crippen molar-refractivity contribution in [2.24, 2.45) is 0 Å². The summed E-state index contributed by atoms with van der Waals surface area (Å²) in [6.07, 6.45) is 1.07. The molecular formula is C9H9F2NO2. The molecule has 0 fully saturated rings. The van der Waals surface area contributed by atoms with Crippen LogP contribution in [0.5, 0.6) is 0 Å². The van der Waals surface area contributed by atoms with Crippen LogP contribution in [0.25, 0.3) is 0 Å². The number of nitrogens with zero attached hydrogens (tertiary/aromatic N) is 1. The Labute approximate surface area is 79.7 Å². The summed E-state index contributed by atoms with van der Waals surface area (Å²) in [6, 6.07) is 2.36. The zero-order chi connectivity index (χ0) is 10.8. The topological polar surface area (TPSA) is 39.2 Å². The molecule has 0 N–H and O–H groups in total. The van der Waals surface area contributed by atoms with E-state index < -0.39 is 11.9 Å². The molecule has 0 spiro atoms. The number of esters is 1. The minimum atomic E-state index is -2.99. The highest BCUT2D eigenvalue weighted by Crippen LogP contribution is 2.24. The SMILES string of the molecule is COC(=O)c1ccc(C(C)(F)F)nc1. The minimum absolute atomic E-state index is 0.153. The van der Waals surface area contributed by atoms with Crippen LogP contribution < -0.4 is 0 Å². The Kier molecular flexibility index (Phi) is 2.78.